The summed E-state index contributed by atoms with van der Waals surface area (Å²) in [4.78, 5) is 12.8. The lowest BCUT2D eigenvalue weighted by molar-refractivity contribution is 0.854. The van der Waals surface area contributed by atoms with Gasteiger partial charge in [-0.25, -0.2) is 9.97 Å². The Morgan fingerprint density at radius 1 is 1.16 bits per heavy atom. The van der Waals surface area contributed by atoms with Crippen LogP contribution in [0.3, 0.4) is 0 Å². The standard InChI is InChI=1S/C18H19N7/c1-2-3-15-10-17(25-18(23-15)21-12-22-25)20-11-14-4-6-16(7-5-14)24-9-8-19-13-24/h4-10,12-13,20H,2-3,11H2,1H3. The van der Waals surface area contributed by atoms with Crippen LogP contribution in [0.2, 0.25) is 0 Å². The van der Waals surface area contributed by atoms with Crippen LogP contribution in [-0.2, 0) is 13.0 Å². The first-order valence-electron chi connectivity index (χ1n) is 8.34. The van der Waals surface area contributed by atoms with Crippen LogP contribution >= 0.6 is 0 Å². The number of aromatic nitrogens is 6. The Hall–Kier alpha value is -3.22. The summed E-state index contributed by atoms with van der Waals surface area (Å²) in [6, 6.07) is 10.4. The van der Waals surface area contributed by atoms with Gasteiger partial charge in [0, 0.05) is 36.4 Å². The molecule has 0 spiro atoms. The van der Waals surface area contributed by atoms with Gasteiger partial charge in [0.25, 0.3) is 5.78 Å². The normalized spacial score (nSPS) is 11.1. The predicted octanol–water partition coefficient (Wildman–Crippen LogP) is 2.87. The van der Waals surface area contributed by atoms with E-state index in [1.54, 1.807) is 17.0 Å². The van der Waals surface area contributed by atoms with Gasteiger partial charge in [-0.05, 0) is 24.1 Å². The number of imidazole rings is 1. The highest BCUT2D eigenvalue weighted by molar-refractivity contribution is 5.46. The predicted molar refractivity (Wildman–Crippen MR) is 95.7 cm³/mol. The van der Waals surface area contributed by atoms with Gasteiger partial charge < -0.3 is 9.88 Å². The molecule has 0 amide bonds. The molecule has 25 heavy (non-hydrogen) atoms. The molecule has 3 aromatic heterocycles. The van der Waals surface area contributed by atoms with Crippen LogP contribution < -0.4 is 5.32 Å². The number of anilines is 1. The maximum absolute atomic E-state index is 4.52. The Morgan fingerprint density at radius 3 is 2.80 bits per heavy atom. The number of fused-ring (bicyclic) bond motifs is 1. The number of hydrogen-bond acceptors (Lipinski definition) is 5. The second-order valence-corrected chi connectivity index (χ2v) is 5.84. The van der Waals surface area contributed by atoms with Crippen molar-refractivity contribution in [2.75, 3.05) is 5.32 Å². The van der Waals surface area contributed by atoms with Gasteiger partial charge in [0.1, 0.15) is 12.1 Å². The second-order valence-electron chi connectivity index (χ2n) is 5.84. The number of hydrogen-bond donors (Lipinski definition) is 1. The molecule has 0 aliphatic carbocycles. The molecule has 1 N–H and O–H groups in total. The quantitative estimate of drug-likeness (QED) is 0.587. The monoisotopic (exact) mass is 333 g/mol. The van der Waals surface area contributed by atoms with Gasteiger partial charge in [0.05, 0.1) is 6.33 Å². The molecule has 3 heterocycles. The second kappa shape index (κ2) is 6.72. The molecule has 7 nitrogen and oxygen atoms in total. The fourth-order valence-electron chi connectivity index (χ4n) is 2.76. The topological polar surface area (TPSA) is 72.9 Å². The molecule has 0 atom stereocenters. The summed E-state index contributed by atoms with van der Waals surface area (Å²) in [5, 5.41) is 7.69. The number of rotatable bonds is 6. The molecule has 0 saturated heterocycles. The van der Waals surface area contributed by atoms with Crippen molar-refractivity contribution in [3.63, 3.8) is 0 Å². The Labute approximate surface area is 145 Å². The van der Waals surface area contributed by atoms with E-state index in [9.17, 15) is 0 Å². The molecular formula is C18H19N7. The Kier molecular flexibility index (Phi) is 4.12. The van der Waals surface area contributed by atoms with Gasteiger partial charge in [-0.1, -0.05) is 25.5 Å². The zero-order valence-corrected chi connectivity index (χ0v) is 14.0. The van der Waals surface area contributed by atoms with E-state index >= 15 is 0 Å². The smallest absolute Gasteiger partial charge is 0.254 e. The van der Waals surface area contributed by atoms with E-state index in [1.807, 2.05) is 16.8 Å². The van der Waals surface area contributed by atoms with E-state index in [1.165, 1.54) is 11.9 Å². The summed E-state index contributed by atoms with van der Waals surface area (Å²) in [7, 11) is 0. The van der Waals surface area contributed by atoms with Crippen molar-refractivity contribution in [2.45, 2.75) is 26.3 Å². The third-order valence-corrected chi connectivity index (χ3v) is 4.02. The van der Waals surface area contributed by atoms with Crippen LogP contribution in [0.25, 0.3) is 11.5 Å². The van der Waals surface area contributed by atoms with E-state index in [4.69, 9.17) is 0 Å². The van der Waals surface area contributed by atoms with Gasteiger partial charge in [0.15, 0.2) is 0 Å². The Bertz CT molecular complexity index is 955. The van der Waals surface area contributed by atoms with Crippen LogP contribution in [-0.4, -0.2) is 29.1 Å². The molecule has 0 aliphatic heterocycles. The first-order chi connectivity index (χ1) is 12.3. The lowest BCUT2D eigenvalue weighted by Crippen LogP contribution is -2.08. The fraction of sp³-hybridized carbons (Fsp3) is 0.222. The average molecular weight is 333 g/mol. The molecule has 4 rings (SSSR count). The zero-order chi connectivity index (χ0) is 17.1. The zero-order valence-electron chi connectivity index (χ0n) is 14.0. The highest BCUT2D eigenvalue weighted by atomic mass is 15.3. The van der Waals surface area contributed by atoms with Crippen molar-refractivity contribution in [3.05, 3.63) is 66.6 Å². The van der Waals surface area contributed by atoms with Gasteiger partial charge in [-0.2, -0.15) is 14.6 Å². The molecule has 0 bridgehead atoms. The number of benzene rings is 1. The highest BCUT2D eigenvalue weighted by Crippen LogP contribution is 2.15. The maximum Gasteiger partial charge on any atom is 0.254 e. The number of nitrogens with one attached hydrogen (secondary N) is 1. The van der Waals surface area contributed by atoms with E-state index in [2.05, 4.69) is 56.6 Å². The third kappa shape index (κ3) is 3.21. The molecule has 0 unspecified atom stereocenters. The summed E-state index contributed by atoms with van der Waals surface area (Å²) in [5.41, 5.74) is 3.31. The van der Waals surface area contributed by atoms with Crippen LogP contribution in [0.1, 0.15) is 24.6 Å². The van der Waals surface area contributed by atoms with Crippen molar-refractivity contribution >= 4 is 11.6 Å². The average Bonchev–Trinajstić information content (AvgIpc) is 3.32. The minimum absolute atomic E-state index is 0.629. The minimum atomic E-state index is 0.629. The molecule has 4 aromatic rings. The van der Waals surface area contributed by atoms with Crippen molar-refractivity contribution in [3.8, 4) is 5.69 Å². The minimum Gasteiger partial charge on any atom is -0.366 e. The summed E-state index contributed by atoms with van der Waals surface area (Å²) < 4.78 is 3.72. The van der Waals surface area contributed by atoms with Crippen LogP contribution in [0.15, 0.2) is 55.4 Å². The molecule has 0 saturated carbocycles. The molecule has 7 heteroatoms. The molecule has 1 aromatic carbocycles. The SMILES string of the molecule is CCCc1cc(NCc2ccc(-n3ccnc3)cc2)n2ncnc2n1. The molecular weight excluding hydrogens is 314 g/mol. The van der Waals surface area contributed by atoms with E-state index in [-0.39, 0.29) is 0 Å². The van der Waals surface area contributed by atoms with E-state index < -0.39 is 0 Å². The van der Waals surface area contributed by atoms with Gasteiger partial charge in [-0.15, -0.1) is 0 Å². The van der Waals surface area contributed by atoms with Crippen LogP contribution in [0, 0.1) is 0 Å². The van der Waals surface area contributed by atoms with Gasteiger partial charge in [-0.3, -0.25) is 0 Å². The maximum atomic E-state index is 4.52. The van der Waals surface area contributed by atoms with E-state index in [0.717, 1.165) is 30.0 Å². The number of aryl methyl sites for hydroxylation is 1. The van der Waals surface area contributed by atoms with Crippen molar-refractivity contribution in [1.82, 2.24) is 29.1 Å². The van der Waals surface area contributed by atoms with Crippen LogP contribution in [0.4, 0.5) is 5.82 Å². The van der Waals surface area contributed by atoms with Crippen molar-refractivity contribution < 1.29 is 0 Å². The van der Waals surface area contributed by atoms with E-state index in [0.29, 0.717) is 12.3 Å². The molecule has 126 valence electrons. The summed E-state index contributed by atoms with van der Waals surface area (Å²) in [6.45, 7) is 2.85. The summed E-state index contributed by atoms with van der Waals surface area (Å²) in [5.74, 6) is 1.54. The Morgan fingerprint density at radius 2 is 2.04 bits per heavy atom. The number of nitrogens with zero attached hydrogens (tertiary/aromatic N) is 6. The highest BCUT2D eigenvalue weighted by Gasteiger charge is 2.07. The first-order valence-corrected chi connectivity index (χ1v) is 8.34. The third-order valence-electron chi connectivity index (χ3n) is 4.02. The Balaban J connectivity index is 1.53. The molecule has 0 aliphatic rings. The summed E-state index contributed by atoms with van der Waals surface area (Å²) in [6.07, 6.45) is 9.01. The van der Waals surface area contributed by atoms with Crippen molar-refractivity contribution in [2.24, 2.45) is 0 Å². The lowest BCUT2D eigenvalue weighted by atomic mass is 10.2. The lowest BCUT2D eigenvalue weighted by Gasteiger charge is -2.10. The first kappa shape index (κ1) is 15.3. The molecule has 0 radical (unpaired) electrons. The van der Waals surface area contributed by atoms with Crippen LogP contribution in [0.5, 0.6) is 0 Å². The van der Waals surface area contributed by atoms with Gasteiger partial charge in [0.2, 0.25) is 0 Å². The van der Waals surface area contributed by atoms with Gasteiger partial charge >= 0.3 is 0 Å². The largest absolute Gasteiger partial charge is 0.366 e. The molecule has 0 fully saturated rings. The van der Waals surface area contributed by atoms with Crippen molar-refractivity contribution in [1.29, 1.82) is 0 Å². The fourth-order valence-corrected chi connectivity index (χ4v) is 2.76. The summed E-state index contributed by atoms with van der Waals surface area (Å²) >= 11 is 0.